The molecule has 1 aromatic heterocycles. The second-order valence-electron chi connectivity index (χ2n) is 5.91. The lowest BCUT2D eigenvalue weighted by molar-refractivity contribution is 0.0650. The molecule has 0 spiro atoms. The molecule has 0 radical (unpaired) electrons. The van der Waals surface area contributed by atoms with Crippen LogP contribution in [0.5, 0.6) is 0 Å². The molecular formula is C19H22N4O. The molecule has 1 aliphatic rings. The van der Waals surface area contributed by atoms with Gasteiger partial charge in [-0.05, 0) is 24.3 Å². The van der Waals surface area contributed by atoms with Crippen LogP contribution in [0.1, 0.15) is 10.4 Å². The zero-order valence-electron chi connectivity index (χ0n) is 13.7. The standard InChI is InChI=1S/C19H22N4O/c1-2-9-22-10-12-23(13-11-22)19(24)16-6-3-5-15(14-16)17-7-4-8-18(20)21-17/h2-8,14H,1,9-13H2,(H2,20,21). The van der Waals surface area contributed by atoms with E-state index in [1.165, 1.54) is 0 Å². The van der Waals surface area contributed by atoms with Gasteiger partial charge in [0.05, 0.1) is 5.69 Å². The number of anilines is 1. The van der Waals surface area contributed by atoms with E-state index >= 15 is 0 Å². The number of hydrogen-bond donors (Lipinski definition) is 1. The summed E-state index contributed by atoms with van der Waals surface area (Å²) in [4.78, 5) is 21.3. The van der Waals surface area contributed by atoms with Gasteiger partial charge < -0.3 is 10.6 Å². The van der Waals surface area contributed by atoms with Crippen LogP contribution in [0.3, 0.4) is 0 Å². The fourth-order valence-electron chi connectivity index (χ4n) is 2.92. The Hall–Kier alpha value is -2.66. The summed E-state index contributed by atoms with van der Waals surface area (Å²) in [5.74, 6) is 0.543. The Morgan fingerprint density at radius 2 is 1.92 bits per heavy atom. The first-order valence-electron chi connectivity index (χ1n) is 8.13. The van der Waals surface area contributed by atoms with Crippen LogP contribution in [0.4, 0.5) is 5.82 Å². The molecular weight excluding hydrogens is 300 g/mol. The van der Waals surface area contributed by atoms with Gasteiger partial charge in [0, 0.05) is 43.9 Å². The molecule has 1 aromatic carbocycles. The lowest BCUT2D eigenvalue weighted by Gasteiger charge is -2.34. The van der Waals surface area contributed by atoms with Crippen LogP contribution in [0.2, 0.25) is 0 Å². The molecule has 0 aliphatic carbocycles. The van der Waals surface area contributed by atoms with Crippen molar-refractivity contribution in [3.63, 3.8) is 0 Å². The average Bonchev–Trinajstić information content (AvgIpc) is 2.62. The van der Waals surface area contributed by atoms with Gasteiger partial charge in [-0.3, -0.25) is 9.69 Å². The fourth-order valence-corrected chi connectivity index (χ4v) is 2.92. The van der Waals surface area contributed by atoms with Crippen molar-refractivity contribution in [2.24, 2.45) is 0 Å². The van der Waals surface area contributed by atoms with E-state index in [1.807, 2.05) is 47.4 Å². The summed E-state index contributed by atoms with van der Waals surface area (Å²) >= 11 is 0. The highest BCUT2D eigenvalue weighted by molar-refractivity contribution is 5.95. The predicted octanol–water partition coefficient (Wildman–Crippen LogP) is 2.27. The third kappa shape index (κ3) is 3.63. The third-order valence-corrected chi connectivity index (χ3v) is 4.22. The fraction of sp³-hybridized carbons (Fsp3) is 0.263. The number of nitrogens with two attached hydrogens (primary N) is 1. The Kier molecular flexibility index (Phi) is 4.91. The van der Waals surface area contributed by atoms with Gasteiger partial charge in [0.15, 0.2) is 0 Å². The smallest absolute Gasteiger partial charge is 0.253 e. The molecule has 24 heavy (non-hydrogen) atoms. The molecule has 1 fully saturated rings. The highest BCUT2D eigenvalue weighted by Crippen LogP contribution is 2.20. The monoisotopic (exact) mass is 322 g/mol. The van der Waals surface area contributed by atoms with E-state index in [1.54, 1.807) is 6.07 Å². The van der Waals surface area contributed by atoms with Gasteiger partial charge >= 0.3 is 0 Å². The summed E-state index contributed by atoms with van der Waals surface area (Å²) in [6, 6.07) is 13.1. The summed E-state index contributed by atoms with van der Waals surface area (Å²) in [5, 5.41) is 0. The zero-order valence-corrected chi connectivity index (χ0v) is 13.7. The molecule has 2 aromatic rings. The Morgan fingerprint density at radius 3 is 2.62 bits per heavy atom. The summed E-state index contributed by atoms with van der Waals surface area (Å²) in [6.45, 7) is 7.89. The zero-order chi connectivity index (χ0) is 16.9. The highest BCUT2D eigenvalue weighted by Gasteiger charge is 2.21. The van der Waals surface area contributed by atoms with Crippen molar-refractivity contribution in [2.75, 3.05) is 38.5 Å². The van der Waals surface area contributed by atoms with Gasteiger partial charge in [0.25, 0.3) is 5.91 Å². The number of rotatable bonds is 4. The van der Waals surface area contributed by atoms with E-state index in [9.17, 15) is 4.79 Å². The highest BCUT2D eigenvalue weighted by atomic mass is 16.2. The molecule has 1 amide bonds. The molecule has 0 saturated carbocycles. The van der Waals surface area contributed by atoms with Crippen LogP contribution in [0, 0.1) is 0 Å². The Labute approximate surface area is 142 Å². The van der Waals surface area contributed by atoms with E-state index in [-0.39, 0.29) is 5.91 Å². The van der Waals surface area contributed by atoms with E-state index in [0.29, 0.717) is 11.4 Å². The molecule has 3 rings (SSSR count). The van der Waals surface area contributed by atoms with Crippen LogP contribution >= 0.6 is 0 Å². The summed E-state index contributed by atoms with van der Waals surface area (Å²) in [7, 11) is 0. The van der Waals surface area contributed by atoms with E-state index in [2.05, 4.69) is 16.5 Å². The Morgan fingerprint density at radius 1 is 1.17 bits per heavy atom. The van der Waals surface area contributed by atoms with Gasteiger partial charge in [-0.25, -0.2) is 4.98 Å². The van der Waals surface area contributed by atoms with Crippen molar-refractivity contribution in [3.8, 4) is 11.3 Å². The number of hydrogen-bond acceptors (Lipinski definition) is 4. The van der Waals surface area contributed by atoms with Gasteiger partial charge in [-0.2, -0.15) is 0 Å². The Bertz CT molecular complexity index is 736. The number of piperazine rings is 1. The number of carbonyl (C=O) groups excluding carboxylic acids is 1. The van der Waals surface area contributed by atoms with Gasteiger partial charge in [0.2, 0.25) is 0 Å². The maximum Gasteiger partial charge on any atom is 0.253 e. The van der Waals surface area contributed by atoms with Gasteiger partial charge in [0.1, 0.15) is 5.82 Å². The molecule has 2 N–H and O–H groups in total. The molecule has 0 bridgehead atoms. The van der Waals surface area contributed by atoms with Crippen LogP contribution in [0.15, 0.2) is 55.1 Å². The van der Waals surface area contributed by atoms with Crippen molar-refractivity contribution in [3.05, 3.63) is 60.7 Å². The summed E-state index contributed by atoms with van der Waals surface area (Å²) in [6.07, 6.45) is 1.90. The van der Waals surface area contributed by atoms with Gasteiger partial charge in [-0.1, -0.05) is 24.3 Å². The van der Waals surface area contributed by atoms with E-state index in [0.717, 1.165) is 44.0 Å². The maximum absolute atomic E-state index is 12.8. The van der Waals surface area contributed by atoms with Crippen LogP contribution in [-0.2, 0) is 0 Å². The van der Waals surface area contributed by atoms with Crippen molar-refractivity contribution in [1.82, 2.24) is 14.8 Å². The largest absolute Gasteiger partial charge is 0.384 e. The first kappa shape index (κ1) is 16.2. The lowest BCUT2D eigenvalue weighted by Crippen LogP contribution is -2.48. The first-order valence-corrected chi connectivity index (χ1v) is 8.13. The number of benzene rings is 1. The van der Waals surface area contributed by atoms with E-state index in [4.69, 9.17) is 5.73 Å². The second kappa shape index (κ2) is 7.27. The van der Waals surface area contributed by atoms with E-state index < -0.39 is 0 Å². The Balaban J connectivity index is 1.74. The average molecular weight is 322 g/mol. The number of nitrogen functional groups attached to an aromatic ring is 1. The lowest BCUT2D eigenvalue weighted by atomic mass is 10.1. The minimum Gasteiger partial charge on any atom is -0.384 e. The number of nitrogens with zero attached hydrogens (tertiary/aromatic N) is 3. The number of aromatic nitrogens is 1. The third-order valence-electron chi connectivity index (χ3n) is 4.22. The second-order valence-corrected chi connectivity index (χ2v) is 5.91. The summed E-state index contributed by atoms with van der Waals surface area (Å²) < 4.78 is 0. The number of carbonyl (C=O) groups is 1. The first-order chi connectivity index (χ1) is 11.7. The number of pyridine rings is 1. The van der Waals surface area contributed by atoms with Gasteiger partial charge in [-0.15, -0.1) is 6.58 Å². The molecule has 0 atom stereocenters. The predicted molar refractivity (Wildman–Crippen MR) is 96.6 cm³/mol. The van der Waals surface area contributed by atoms with Crippen molar-refractivity contribution in [1.29, 1.82) is 0 Å². The number of amides is 1. The molecule has 0 unspecified atom stereocenters. The quantitative estimate of drug-likeness (QED) is 0.877. The van der Waals surface area contributed by atoms with Crippen molar-refractivity contribution < 1.29 is 4.79 Å². The van der Waals surface area contributed by atoms with Crippen LogP contribution in [-0.4, -0.2) is 53.4 Å². The van der Waals surface area contributed by atoms with Crippen molar-refractivity contribution >= 4 is 11.7 Å². The molecule has 5 heteroatoms. The van der Waals surface area contributed by atoms with Crippen LogP contribution in [0.25, 0.3) is 11.3 Å². The van der Waals surface area contributed by atoms with Crippen molar-refractivity contribution in [2.45, 2.75) is 0 Å². The summed E-state index contributed by atoms with van der Waals surface area (Å²) in [5.41, 5.74) is 8.12. The molecule has 1 saturated heterocycles. The minimum atomic E-state index is 0.0685. The topological polar surface area (TPSA) is 62.5 Å². The molecule has 5 nitrogen and oxygen atoms in total. The molecule has 1 aliphatic heterocycles. The molecule has 2 heterocycles. The molecule has 124 valence electrons. The minimum absolute atomic E-state index is 0.0685. The maximum atomic E-state index is 12.8. The SMILES string of the molecule is C=CCN1CCN(C(=O)c2cccc(-c3cccc(N)n3)c2)CC1. The normalized spacial score (nSPS) is 15.2. The van der Waals surface area contributed by atoms with Crippen LogP contribution < -0.4 is 5.73 Å².